The van der Waals surface area contributed by atoms with Crippen LogP contribution in [0.25, 0.3) is 0 Å². The highest BCUT2D eigenvalue weighted by Crippen LogP contribution is 2.13. The lowest BCUT2D eigenvalue weighted by molar-refractivity contribution is -0.384. The van der Waals surface area contributed by atoms with E-state index in [0.717, 1.165) is 26.1 Å². The molecule has 1 N–H and O–H groups in total. The summed E-state index contributed by atoms with van der Waals surface area (Å²) in [5.74, 6) is -0.252. The number of non-ortho nitro benzene ring substituents is 1. The third-order valence-electron chi connectivity index (χ3n) is 3.70. The Bertz CT molecular complexity index is 499. The van der Waals surface area contributed by atoms with Crippen LogP contribution in [-0.4, -0.2) is 41.9 Å². The molecule has 0 atom stereocenters. The Hall–Kier alpha value is -1.95. The van der Waals surface area contributed by atoms with Crippen LogP contribution in [0, 0.1) is 10.1 Å². The number of nitro benzene ring substituents is 1. The summed E-state index contributed by atoms with van der Waals surface area (Å²) in [5.41, 5.74) is 0.276. The van der Waals surface area contributed by atoms with Crippen molar-refractivity contribution >= 4 is 11.6 Å². The standard InChI is InChI=1S/C15H21N3O3/c19-15(13-6-4-7-14(12-13)18(20)21)16-8-5-11-17-9-2-1-3-10-17/h4,6-7,12H,1-3,5,8-11H2,(H,16,19). The first-order chi connectivity index (χ1) is 10.2. The second-order valence-corrected chi connectivity index (χ2v) is 5.32. The van der Waals surface area contributed by atoms with Crippen molar-refractivity contribution in [1.29, 1.82) is 0 Å². The maximum Gasteiger partial charge on any atom is 0.270 e. The molecule has 1 saturated heterocycles. The Morgan fingerprint density at radius 2 is 2.05 bits per heavy atom. The number of nitrogens with one attached hydrogen (secondary N) is 1. The van der Waals surface area contributed by atoms with Crippen LogP contribution in [0.1, 0.15) is 36.0 Å². The van der Waals surface area contributed by atoms with Gasteiger partial charge in [-0.2, -0.15) is 0 Å². The molecule has 0 aromatic heterocycles. The fraction of sp³-hybridized carbons (Fsp3) is 0.533. The fourth-order valence-corrected chi connectivity index (χ4v) is 2.55. The summed E-state index contributed by atoms with van der Waals surface area (Å²) in [7, 11) is 0. The summed E-state index contributed by atoms with van der Waals surface area (Å²) < 4.78 is 0. The minimum atomic E-state index is -0.493. The number of amides is 1. The number of hydrogen-bond donors (Lipinski definition) is 1. The molecule has 1 amide bonds. The first-order valence-corrected chi connectivity index (χ1v) is 7.42. The maximum atomic E-state index is 11.9. The second-order valence-electron chi connectivity index (χ2n) is 5.32. The van der Waals surface area contributed by atoms with E-state index in [9.17, 15) is 14.9 Å². The average Bonchev–Trinajstić information content (AvgIpc) is 2.52. The van der Waals surface area contributed by atoms with E-state index in [2.05, 4.69) is 10.2 Å². The summed E-state index contributed by atoms with van der Waals surface area (Å²) in [5, 5.41) is 13.5. The van der Waals surface area contributed by atoms with Gasteiger partial charge in [-0.3, -0.25) is 14.9 Å². The largest absolute Gasteiger partial charge is 0.352 e. The minimum absolute atomic E-state index is 0.0593. The number of rotatable bonds is 6. The van der Waals surface area contributed by atoms with Crippen molar-refractivity contribution in [2.24, 2.45) is 0 Å². The van der Waals surface area contributed by atoms with E-state index in [1.807, 2.05) is 0 Å². The van der Waals surface area contributed by atoms with Gasteiger partial charge < -0.3 is 10.2 Å². The predicted molar refractivity (Wildman–Crippen MR) is 80.3 cm³/mol. The molecule has 0 spiro atoms. The number of nitro groups is 1. The Morgan fingerprint density at radius 1 is 1.29 bits per heavy atom. The Balaban J connectivity index is 1.74. The van der Waals surface area contributed by atoms with Gasteiger partial charge in [0.05, 0.1) is 4.92 Å². The Kier molecular flexibility index (Phi) is 5.68. The highest BCUT2D eigenvalue weighted by atomic mass is 16.6. The summed E-state index contributed by atoms with van der Waals surface area (Å²) in [4.78, 5) is 24.5. The molecule has 1 aliphatic rings. The molecule has 1 fully saturated rings. The zero-order chi connectivity index (χ0) is 15.1. The van der Waals surface area contributed by atoms with Gasteiger partial charge in [-0.25, -0.2) is 0 Å². The van der Waals surface area contributed by atoms with E-state index < -0.39 is 4.92 Å². The lowest BCUT2D eigenvalue weighted by Gasteiger charge is -2.26. The van der Waals surface area contributed by atoms with E-state index in [0.29, 0.717) is 12.1 Å². The van der Waals surface area contributed by atoms with Crippen molar-refractivity contribution in [1.82, 2.24) is 10.2 Å². The summed E-state index contributed by atoms with van der Waals surface area (Å²) in [6.45, 7) is 3.89. The van der Waals surface area contributed by atoms with Crippen LogP contribution >= 0.6 is 0 Å². The van der Waals surface area contributed by atoms with E-state index in [4.69, 9.17) is 0 Å². The van der Waals surface area contributed by atoms with Gasteiger partial charge in [0.2, 0.25) is 0 Å². The molecule has 0 aliphatic carbocycles. The molecule has 0 radical (unpaired) electrons. The molecule has 0 saturated carbocycles. The molecule has 0 unspecified atom stereocenters. The van der Waals surface area contributed by atoms with Crippen LogP contribution < -0.4 is 5.32 Å². The van der Waals surface area contributed by atoms with Crippen LogP contribution in [0.3, 0.4) is 0 Å². The minimum Gasteiger partial charge on any atom is -0.352 e. The monoisotopic (exact) mass is 291 g/mol. The van der Waals surface area contributed by atoms with E-state index in [1.165, 1.54) is 37.5 Å². The highest BCUT2D eigenvalue weighted by Gasteiger charge is 2.12. The third kappa shape index (κ3) is 4.82. The average molecular weight is 291 g/mol. The summed E-state index contributed by atoms with van der Waals surface area (Å²) in [6, 6.07) is 5.81. The Labute approximate surface area is 124 Å². The van der Waals surface area contributed by atoms with Crippen molar-refractivity contribution in [2.75, 3.05) is 26.2 Å². The number of carbonyl (C=O) groups excluding carboxylic acids is 1. The maximum absolute atomic E-state index is 11.9. The lowest BCUT2D eigenvalue weighted by atomic mass is 10.1. The number of benzene rings is 1. The van der Waals surface area contributed by atoms with E-state index >= 15 is 0 Å². The van der Waals surface area contributed by atoms with Gasteiger partial charge in [0.15, 0.2) is 0 Å². The predicted octanol–water partition coefficient (Wildman–Crippen LogP) is 2.20. The molecule has 1 aliphatic heterocycles. The SMILES string of the molecule is O=C(NCCCN1CCCCC1)c1cccc([N+](=O)[O-])c1. The molecule has 6 nitrogen and oxygen atoms in total. The molecule has 1 aromatic carbocycles. The second kappa shape index (κ2) is 7.73. The van der Waals surface area contributed by atoms with Crippen molar-refractivity contribution in [2.45, 2.75) is 25.7 Å². The summed E-state index contributed by atoms with van der Waals surface area (Å²) in [6.07, 6.45) is 4.75. The molecule has 2 rings (SSSR count). The van der Waals surface area contributed by atoms with Crippen molar-refractivity contribution < 1.29 is 9.72 Å². The van der Waals surface area contributed by atoms with Gasteiger partial charge in [-0.1, -0.05) is 12.5 Å². The molecule has 1 aromatic rings. The highest BCUT2D eigenvalue weighted by molar-refractivity contribution is 5.94. The zero-order valence-electron chi connectivity index (χ0n) is 12.1. The summed E-state index contributed by atoms with van der Waals surface area (Å²) >= 11 is 0. The van der Waals surface area contributed by atoms with Crippen LogP contribution in [0.15, 0.2) is 24.3 Å². The fourth-order valence-electron chi connectivity index (χ4n) is 2.55. The quantitative estimate of drug-likeness (QED) is 0.495. The molecular weight excluding hydrogens is 270 g/mol. The van der Waals surface area contributed by atoms with Gasteiger partial charge in [-0.15, -0.1) is 0 Å². The molecule has 21 heavy (non-hydrogen) atoms. The van der Waals surface area contributed by atoms with Gasteiger partial charge in [0.1, 0.15) is 0 Å². The van der Waals surface area contributed by atoms with Crippen molar-refractivity contribution in [3.05, 3.63) is 39.9 Å². The van der Waals surface area contributed by atoms with Gasteiger partial charge in [0.25, 0.3) is 11.6 Å². The van der Waals surface area contributed by atoms with E-state index in [-0.39, 0.29) is 11.6 Å². The number of nitrogens with zero attached hydrogens (tertiary/aromatic N) is 2. The topological polar surface area (TPSA) is 75.5 Å². The normalized spacial score (nSPS) is 15.6. The molecule has 1 heterocycles. The zero-order valence-corrected chi connectivity index (χ0v) is 12.1. The van der Waals surface area contributed by atoms with Crippen molar-refractivity contribution in [3.63, 3.8) is 0 Å². The smallest absolute Gasteiger partial charge is 0.270 e. The Morgan fingerprint density at radius 3 is 2.76 bits per heavy atom. The van der Waals surface area contributed by atoms with Gasteiger partial charge >= 0.3 is 0 Å². The lowest BCUT2D eigenvalue weighted by Crippen LogP contribution is -2.33. The first kappa shape index (κ1) is 15.4. The number of likely N-dealkylation sites (tertiary alicyclic amines) is 1. The molecule has 0 bridgehead atoms. The van der Waals surface area contributed by atoms with Crippen LogP contribution in [-0.2, 0) is 0 Å². The van der Waals surface area contributed by atoms with Crippen molar-refractivity contribution in [3.8, 4) is 0 Å². The molecule has 114 valence electrons. The number of carbonyl (C=O) groups is 1. The molecule has 6 heteroatoms. The van der Waals surface area contributed by atoms with Crippen LogP contribution in [0.5, 0.6) is 0 Å². The number of hydrogen-bond acceptors (Lipinski definition) is 4. The number of piperidine rings is 1. The van der Waals surface area contributed by atoms with Crippen LogP contribution in [0.2, 0.25) is 0 Å². The van der Waals surface area contributed by atoms with Gasteiger partial charge in [-0.05, 0) is 45.0 Å². The van der Waals surface area contributed by atoms with Crippen LogP contribution in [0.4, 0.5) is 5.69 Å². The molecular formula is C15H21N3O3. The third-order valence-corrected chi connectivity index (χ3v) is 3.70. The first-order valence-electron chi connectivity index (χ1n) is 7.42. The van der Waals surface area contributed by atoms with E-state index in [1.54, 1.807) is 6.07 Å². The van der Waals surface area contributed by atoms with Gasteiger partial charge in [0, 0.05) is 24.2 Å².